The van der Waals surface area contributed by atoms with Crippen LogP contribution in [-0.4, -0.2) is 26.3 Å². The van der Waals surface area contributed by atoms with Crippen molar-refractivity contribution in [2.24, 2.45) is 0 Å². The lowest BCUT2D eigenvalue weighted by molar-refractivity contribution is -0.131. The van der Waals surface area contributed by atoms with Crippen molar-refractivity contribution < 1.29 is 14.6 Å². The van der Waals surface area contributed by atoms with E-state index in [4.69, 9.17) is 39.5 Å². The highest BCUT2D eigenvalue weighted by molar-refractivity contribution is 8.04. The Bertz CT molecular complexity index is 1360. The molecule has 0 amide bonds. The van der Waals surface area contributed by atoms with Gasteiger partial charge in [0.2, 0.25) is 5.16 Å². The molecule has 0 atom stereocenters. The summed E-state index contributed by atoms with van der Waals surface area (Å²) in [5, 5.41) is 18.6. The number of ether oxygens (including phenoxy) is 1. The number of H-pyrrole nitrogens is 1. The Morgan fingerprint density at radius 1 is 1.03 bits per heavy atom. The van der Waals surface area contributed by atoms with Gasteiger partial charge in [0.05, 0.1) is 0 Å². The summed E-state index contributed by atoms with van der Waals surface area (Å²) in [6.07, 6.45) is 1.47. The van der Waals surface area contributed by atoms with E-state index < -0.39 is 5.97 Å². The molecule has 3 aromatic carbocycles. The van der Waals surface area contributed by atoms with Gasteiger partial charge in [0.25, 0.3) is 0 Å². The molecule has 0 aliphatic heterocycles. The molecule has 0 radical (unpaired) electrons. The third-order valence-electron chi connectivity index (χ3n) is 4.59. The Hall–Kier alpha value is -2.97. The lowest BCUT2D eigenvalue weighted by Crippen LogP contribution is -2.00. The lowest BCUT2D eigenvalue weighted by atomic mass is 10.2. The Kier molecular flexibility index (Phi) is 7.80. The van der Waals surface area contributed by atoms with E-state index in [2.05, 4.69) is 15.2 Å². The topological polar surface area (TPSA) is 88.1 Å². The van der Waals surface area contributed by atoms with Gasteiger partial charge in [-0.3, -0.25) is 5.10 Å². The molecule has 0 aliphatic rings. The lowest BCUT2D eigenvalue weighted by Gasteiger charge is -2.11. The van der Waals surface area contributed by atoms with Crippen molar-refractivity contribution in [3.8, 4) is 17.1 Å². The van der Waals surface area contributed by atoms with Crippen molar-refractivity contribution in [2.75, 3.05) is 0 Å². The van der Waals surface area contributed by atoms with Crippen molar-refractivity contribution in [1.29, 1.82) is 0 Å². The van der Waals surface area contributed by atoms with E-state index in [9.17, 15) is 9.90 Å². The Morgan fingerprint density at radius 3 is 2.50 bits per heavy atom. The third-order valence-corrected chi connectivity index (χ3v) is 6.33. The van der Waals surface area contributed by atoms with Gasteiger partial charge in [-0.15, -0.1) is 5.10 Å². The van der Waals surface area contributed by atoms with Crippen LogP contribution < -0.4 is 4.74 Å². The number of benzene rings is 3. The molecule has 6 nitrogen and oxygen atoms in total. The first kappa shape index (κ1) is 24.2. The molecule has 172 valence electrons. The van der Waals surface area contributed by atoms with Crippen LogP contribution in [-0.2, 0) is 11.4 Å². The van der Waals surface area contributed by atoms with E-state index in [1.807, 2.05) is 18.2 Å². The molecule has 1 heterocycles. The molecule has 4 rings (SSSR count). The molecule has 2 N–H and O–H groups in total. The molecule has 0 fully saturated rings. The number of nitrogens with one attached hydrogen (secondary N) is 1. The van der Waals surface area contributed by atoms with Crippen molar-refractivity contribution in [2.45, 2.75) is 11.8 Å². The van der Waals surface area contributed by atoms with E-state index in [0.29, 0.717) is 32.2 Å². The van der Waals surface area contributed by atoms with Gasteiger partial charge in [-0.1, -0.05) is 53.0 Å². The zero-order chi connectivity index (χ0) is 24.1. The third kappa shape index (κ3) is 6.12. The SMILES string of the molecule is O=C(O)/C(=C/c1cc(Cl)ccc1OCc1ccccc1Cl)Sc1n[nH]c(-c2ccc(Cl)cc2)n1. The number of hydrogen-bond acceptors (Lipinski definition) is 5. The quantitative estimate of drug-likeness (QED) is 0.184. The predicted molar refractivity (Wildman–Crippen MR) is 136 cm³/mol. The summed E-state index contributed by atoms with van der Waals surface area (Å²) in [7, 11) is 0. The average Bonchev–Trinajstić information content (AvgIpc) is 3.28. The Balaban J connectivity index is 1.58. The largest absolute Gasteiger partial charge is 0.488 e. The van der Waals surface area contributed by atoms with E-state index in [1.54, 1.807) is 48.5 Å². The summed E-state index contributed by atoms with van der Waals surface area (Å²) in [6.45, 7) is 0.211. The number of thioether (sulfide) groups is 1. The zero-order valence-corrected chi connectivity index (χ0v) is 20.4. The average molecular weight is 533 g/mol. The van der Waals surface area contributed by atoms with Crippen molar-refractivity contribution in [3.05, 3.63) is 97.8 Å². The molecule has 0 saturated carbocycles. The van der Waals surface area contributed by atoms with Gasteiger partial charge in [-0.2, -0.15) is 0 Å². The first-order chi connectivity index (χ1) is 16.4. The Labute approximate surface area is 214 Å². The van der Waals surface area contributed by atoms with Crippen LogP contribution in [0.15, 0.2) is 76.8 Å². The number of carboxylic acid groups (broad SMARTS) is 1. The maximum absolute atomic E-state index is 12.0. The highest BCUT2D eigenvalue weighted by Crippen LogP contribution is 2.32. The summed E-state index contributed by atoms with van der Waals surface area (Å²) in [5.74, 6) is -0.184. The van der Waals surface area contributed by atoms with Crippen LogP contribution in [0.5, 0.6) is 5.75 Å². The normalized spacial score (nSPS) is 11.4. The predicted octanol–water partition coefficient (Wildman–Crippen LogP) is 7.23. The number of aromatic amines is 1. The van der Waals surface area contributed by atoms with Crippen LogP contribution in [0, 0.1) is 0 Å². The van der Waals surface area contributed by atoms with Crippen LogP contribution in [0.4, 0.5) is 0 Å². The minimum atomic E-state index is -1.14. The second-order valence-electron chi connectivity index (χ2n) is 6.95. The van der Waals surface area contributed by atoms with E-state index in [1.165, 1.54) is 6.08 Å². The maximum Gasteiger partial charge on any atom is 0.342 e. The fraction of sp³-hybridized carbons (Fsp3) is 0.0417. The van der Waals surface area contributed by atoms with Gasteiger partial charge >= 0.3 is 5.97 Å². The number of rotatable bonds is 8. The van der Waals surface area contributed by atoms with Crippen molar-refractivity contribution in [3.63, 3.8) is 0 Å². The number of carbonyl (C=O) groups is 1. The van der Waals surface area contributed by atoms with E-state index in [0.717, 1.165) is 22.9 Å². The highest BCUT2D eigenvalue weighted by atomic mass is 35.5. The summed E-state index contributed by atoms with van der Waals surface area (Å²) < 4.78 is 5.92. The zero-order valence-electron chi connectivity index (χ0n) is 17.3. The van der Waals surface area contributed by atoms with Gasteiger partial charge < -0.3 is 9.84 Å². The van der Waals surface area contributed by atoms with Gasteiger partial charge in [0, 0.05) is 31.8 Å². The monoisotopic (exact) mass is 531 g/mol. The molecule has 0 spiro atoms. The Morgan fingerprint density at radius 2 is 1.76 bits per heavy atom. The molecule has 34 heavy (non-hydrogen) atoms. The smallest absolute Gasteiger partial charge is 0.342 e. The molecular weight excluding hydrogens is 517 g/mol. The molecular formula is C24H16Cl3N3O3S. The van der Waals surface area contributed by atoms with Crippen LogP contribution in [0.2, 0.25) is 15.1 Å². The number of halogens is 3. The van der Waals surface area contributed by atoms with Gasteiger partial charge in [0.15, 0.2) is 5.82 Å². The summed E-state index contributed by atoms with van der Waals surface area (Å²) >= 11 is 19.2. The van der Waals surface area contributed by atoms with Crippen LogP contribution >= 0.6 is 46.6 Å². The fourth-order valence-corrected chi connectivity index (χ4v) is 4.13. The number of hydrogen-bond donors (Lipinski definition) is 2. The minimum Gasteiger partial charge on any atom is -0.488 e. The standard InChI is InChI=1S/C24H16Cl3N3O3S/c25-17-7-5-14(6-8-17)22-28-24(30-29-22)34-21(23(31)32)12-16-11-18(26)9-10-20(16)33-13-15-3-1-2-4-19(15)27/h1-12H,13H2,(H,31,32)(H,28,29,30)/b21-12-. The van der Waals surface area contributed by atoms with Crippen LogP contribution in [0.25, 0.3) is 17.5 Å². The van der Waals surface area contributed by atoms with E-state index >= 15 is 0 Å². The van der Waals surface area contributed by atoms with Crippen molar-refractivity contribution >= 4 is 58.6 Å². The first-order valence-corrected chi connectivity index (χ1v) is 11.8. The van der Waals surface area contributed by atoms with Gasteiger partial charge in [0.1, 0.15) is 17.3 Å². The second kappa shape index (κ2) is 11.0. The molecule has 1 aromatic heterocycles. The molecule has 0 aliphatic carbocycles. The number of carboxylic acids is 1. The summed E-state index contributed by atoms with van der Waals surface area (Å²) in [5.41, 5.74) is 2.07. The van der Waals surface area contributed by atoms with Gasteiger partial charge in [-0.05, 0) is 66.4 Å². The molecule has 0 bridgehead atoms. The number of aromatic nitrogens is 3. The number of nitrogens with zero attached hydrogens (tertiary/aromatic N) is 2. The summed E-state index contributed by atoms with van der Waals surface area (Å²) in [4.78, 5) is 16.4. The maximum atomic E-state index is 12.0. The first-order valence-electron chi connectivity index (χ1n) is 9.86. The van der Waals surface area contributed by atoms with Crippen LogP contribution in [0.1, 0.15) is 11.1 Å². The molecule has 10 heteroatoms. The number of aliphatic carboxylic acids is 1. The molecule has 0 saturated heterocycles. The van der Waals surface area contributed by atoms with E-state index in [-0.39, 0.29) is 16.7 Å². The highest BCUT2D eigenvalue weighted by Gasteiger charge is 2.16. The molecule has 0 unspecified atom stereocenters. The van der Waals surface area contributed by atoms with Crippen LogP contribution in [0.3, 0.4) is 0 Å². The van der Waals surface area contributed by atoms with Gasteiger partial charge in [-0.25, -0.2) is 9.78 Å². The summed E-state index contributed by atoms with van der Waals surface area (Å²) in [6, 6.07) is 19.4. The van der Waals surface area contributed by atoms with Crippen molar-refractivity contribution in [1.82, 2.24) is 15.2 Å². The minimum absolute atomic E-state index is 0.00786. The fourth-order valence-electron chi connectivity index (χ4n) is 2.94. The second-order valence-corrected chi connectivity index (χ2v) is 9.24. The molecule has 4 aromatic rings.